The lowest BCUT2D eigenvalue weighted by molar-refractivity contribution is 0.111. The van der Waals surface area contributed by atoms with Crippen molar-refractivity contribution in [2.75, 3.05) is 4.90 Å². The molecule has 8 heteroatoms. The zero-order chi connectivity index (χ0) is 17.2. The maximum atomic E-state index is 10.7. The molecule has 0 aliphatic rings. The van der Waals surface area contributed by atoms with Gasteiger partial charge in [0.2, 0.25) is 0 Å². The van der Waals surface area contributed by atoms with Crippen LogP contribution in [0.1, 0.15) is 29.9 Å². The molecule has 1 aromatic carbocycles. The highest BCUT2D eigenvalue weighted by atomic mass is 35.7. The van der Waals surface area contributed by atoms with Crippen molar-refractivity contribution in [1.82, 2.24) is 9.97 Å². The van der Waals surface area contributed by atoms with E-state index in [0.29, 0.717) is 18.6 Å². The van der Waals surface area contributed by atoms with Gasteiger partial charge in [0.25, 0.3) is 0 Å². The third kappa shape index (κ3) is 6.30. The Balaban J connectivity index is 0.000000816. The highest BCUT2D eigenvalue weighted by molar-refractivity contribution is 7.57. The number of halogens is 2. The lowest BCUT2D eigenvalue weighted by Gasteiger charge is -2.27. The van der Waals surface area contributed by atoms with Gasteiger partial charge in [-0.25, -0.2) is 9.97 Å². The normalized spacial score (nSPS) is 10.5. The van der Waals surface area contributed by atoms with Crippen molar-refractivity contribution < 1.29 is 9.36 Å². The molecule has 0 aliphatic carbocycles. The number of hydrogen-bond acceptors (Lipinski definition) is 5. The van der Waals surface area contributed by atoms with Gasteiger partial charge >= 0.3 is 0 Å². The van der Waals surface area contributed by atoms with Crippen molar-refractivity contribution in [3.63, 3.8) is 0 Å². The number of carbonyl (C=O) groups is 1. The Kier molecular flexibility index (Phi) is 8.85. The number of benzene rings is 1. The van der Waals surface area contributed by atoms with E-state index in [2.05, 4.69) is 52.1 Å². The zero-order valence-corrected chi connectivity index (χ0v) is 15.5. The van der Waals surface area contributed by atoms with E-state index >= 15 is 0 Å². The lowest BCUT2D eigenvalue weighted by atomic mass is 10.2. The molecule has 0 N–H and O–H groups in total. The van der Waals surface area contributed by atoms with Crippen LogP contribution < -0.4 is 4.90 Å². The Morgan fingerprint density at radius 3 is 2.39 bits per heavy atom. The first-order chi connectivity index (χ1) is 11.0. The van der Waals surface area contributed by atoms with E-state index in [0.717, 1.165) is 0 Å². The molecule has 0 saturated heterocycles. The van der Waals surface area contributed by atoms with Crippen molar-refractivity contribution in [2.45, 2.75) is 26.4 Å². The van der Waals surface area contributed by atoms with Crippen molar-refractivity contribution >= 4 is 42.8 Å². The van der Waals surface area contributed by atoms with Crippen LogP contribution in [0, 0.1) is 0 Å². The molecule has 0 saturated carbocycles. The number of nitrogens with zero attached hydrogens (tertiary/aromatic N) is 3. The van der Waals surface area contributed by atoms with Crippen LogP contribution in [0.5, 0.6) is 0 Å². The molecular formula is C15H18Cl2N3O2P. The number of rotatable bonds is 5. The summed E-state index contributed by atoms with van der Waals surface area (Å²) in [6.07, 6.45) is 2.19. The van der Waals surface area contributed by atoms with Crippen LogP contribution in [-0.2, 0) is 11.1 Å². The quantitative estimate of drug-likeness (QED) is 0.578. The van der Waals surface area contributed by atoms with E-state index < -0.39 is 7.81 Å². The minimum atomic E-state index is -1.03. The highest BCUT2D eigenvalue weighted by Gasteiger charge is 2.15. The minimum absolute atomic E-state index is 0.135. The molecule has 23 heavy (non-hydrogen) atoms. The summed E-state index contributed by atoms with van der Waals surface area (Å²) in [4.78, 5) is 21.1. The first-order valence-corrected chi connectivity index (χ1v) is 9.45. The van der Waals surface area contributed by atoms with Gasteiger partial charge in [0.15, 0.2) is 11.4 Å². The highest BCUT2D eigenvalue weighted by Crippen LogP contribution is 2.20. The minimum Gasteiger partial charge on any atom is -0.349 e. The van der Waals surface area contributed by atoms with E-state index in [4.69, 9.17) is 16.2 Å². The Hall–Kier alpha value is -1.42. The number of aromatic nitrogens is 2. The zero-order valence-electron chi connectivity index (χ0n) is 12.8. The van der Waals surface area contributed by atoms with Gasteiger partial charge in [-0.05, 0) is 19.4 Å². The Morgan fingerprint density at radius 2 is 1.91 bits per heavy atom. The van der Waals surface area contributed by atoms with Gasteiger partial charge in [-0.1, -0.05) is 53.2 Å². The molecule has 2 rings (SSSR count). The predicted octanol–water partition coefficient (Wildman–Crippen LogP) is 4.25. The van der Waals surface area contributed by atoms with Gasteiger partial charge in [0.05, 0.1) is 6.20 Å². The first-order valence-electron chi connectivity index (χ1n) is 6.85. The van der Waals surface area contributed by atoms with Crippen LogP contribution in [-0.4, -0.2) is 22.3 Å². The molecule has 0 radical (unpaired) electrons. The molecule has 124 valence electrons. The van der Waals surface area contributed by atoms with Gasteiger partial charge in [0.1, 0.15) is 19.3 Å². The molecule has 2 aromatic rings. The Morgan fingerprint density at radius 1 is 1.30 bits per heavy atom. The van der Waals surface area contributed by atoms with Crippen molar-refractivity contribution in [3.05, 3.63) is 52.9 Å². The van der Waals surface area contributed by atoms with Gasteiger partial charge < -0.3 is 9.46 Å². The van der Waals surface area contributed by atoms with E-state index in [1.165, 1.54) is 5.56 Å². The molecule has 0 aliphatic heterocycles. The average Bonchev–Trinajstić information content (AvgIpc) is 2.54. The fourth-order valence-corrected chi connectivity index (χ4v) is 2.07. The first kappa shape index (κ1) is 19.6. The predicted molar refractivity (Wildman–Crippen MR) is 96.4 cm³/mol. The van der Waals surface area contributed by atoms with Crippen LogP contribution >= 0.6 is 30.7 Å². The monoisotopic (exact) mass is 373 g/mol. The smallest absolute Gasteiger partial charge is 0.171 e. The van der Waals surface area contributed by atoms with Crippen molar-refractivity contribution in [3.8, 4) is 0 Å². The number of carbonyl (C=O) groups excluding carboxylic acids is 1. The Bertz CT molecular complexity index is 642. The summed E-state index contributed by atoms with van der Waals surface area (Å²) in [7, 11) is -1.03. The molecule has 0 fully saturated rings. The maximum Gasteiger partial charge on any atom is 0.171 e. The fourth-order valence-electron chi connectivity index (χ4n) is 1.89. The second-order valence-corrected chi connectivity index (χ2v) is 5.89. The summed E-state index contributed by atoms with van der Waals surface area (Å²) in [6.45, 7) is 4.86. The van der Waals surface area contributed by atoms with Gasteiger partial charge in [-0.2, -0.15) is 0 Å². The third-order valence-corrected chi connectivity index (χ3v) is 3.25. The fraction of sp³-hybridized carbons (Fsp3) is 0.267. The Labute approximate surface area is 146 Å². The summed E-state index contributed by atoms with van der Waals surface area (Å²) in [5.74, 6) is 0.666. The molecule has 0 spiro atoms. The number of aldehydes is 1. The standard InChI is InChI=1S/C15H16ClN3O.ClH2OP/c1-11(2)19(9-12-6-4-3-5-7-12)14-8-17-13(10-20)15(16)18-14;1-3-2/h3-8,10-11H,9H2,1-2H3;3H2. The van der Waals surface area contributed by atoms with Crippen LogP contribution in [0.25, 0.3) is 0 Å². The average molecular weight is 374 g/mol. The topological polar surface area (TPSA) is 63.2 Å². The van der Waals surface area contributed by atoms with E-state index in [1.807, 2.05) is 18.2 Å². The summed E-state index contributed by atoms with van der Waals surface area (Å²) in [6, 6.07) is 10.3. The molecular weight excluding hydrogens is 356 g/mol. The molecule has 1 aromatic heterocycles. The number of anilines is 1. The molecule has 0 amide bonds. The van der Waals surface area contributed by atoms with Gasteiger partial charge in [-0.3, -0.25) is 4.79 Å². The second kappa shape index (κ2) is 10.4. The molecule has 5 nitrogen and oxygen atoms in total. The van der Waals surface area contributed by atoms with Crippen LogP contribution in [0.3, 0.4) is 0 Å². The largest absolute Gasteiger partial charge is 0.349 e. The lowest BCUT2D eigenvalue weighted by Crippen LogP contribution is -2.31. The van der Waals surface area contributed by atoms with Crippen molar-refractivity contribution in [2.24, 2.45) is 0 Å². The van der Waals surface area contributed by atoms with Crippen LogP contribution in [0.4, 0.5) is 5.82 Å². The van der Waals surface area contributed by atoms with Crippen LogP contribution in [0.15, 0.2) is 36.5 Å². The van der Waals surface area contributed by atoms with E-state index in [9.17, 15) is 4.79 Å². The molecule has 1 heterocycles. The maximum absolute atomic E-state index is 10.7. The van der Waals surface area contributed by atoms with Crippen LogP contribution in [0.2, 0.25) is 5.15 Å². The summed E-state index contributed by atoms with van der Waals surface area (Å²) >= 11 is 10.5. The van der Waals surface area contributed by atoms with Gasteiger partial charge in [-0.15, -0.1) is 0 Å². The SMILES string of the molecule is CC(C)N(Cc1ccccc1)c1cnc(C=O)c(Cl)n1.O=[PH2]Cl. The molecule has 1 unspecified atom stereocenters. The summed E-state index contributed by atoms with van der Waals surface area (Å²) < 4.78 is 8.78. The molecule has 0 bridgehead atoms. The van der Waals surface area contributed by atoms with Gasteiger partial charge in [0, 0.05) is 12.6 Å². The van der Waals surface area contributed by atoms with E-state index in [1.54, 1.807) is 6.20 Å². The summed E-state index contributed by atoms with van der Waals surface area (Å²) in [5, 5.41) is 0.135. The molecule has 1 atom stereocenters. The van der Waals surface area contributed by atoms with E-state index in [-0.39, 0.29) is 16.9 Å². The van der Waals surface area contributed by atoms with Crippen molar-refractivity contribution in [1.29, 1.82) is 0 Å². The third-order valence-electron chi connectivity index (χ3n) is 2.97. The second-order valence-electron chi connectivity index (χ2n) is 4.82. The summed E-state index contributed by atoms with van der Waals surface area (Å²) in [5.41, 5.74) is 1.34. The number of hydrogen-bond donors (Lipinski definition) is 0.